The number of benzene rings is 3. The number of ether oxygens (including phenoxy) is 3. The molecule has 0 bridgehead atoms. The molecule has 0 aliphatic heterocycles. The summed E-state index contributed by atoms with van der Waals surface area (Å²) in [6.07, 6.45) is 1.44. The Labute approximate surface area is 178 Å². The summed E-state index contributed by atoms with van der Waals surface area (Å²) in [6.45, 7) is 0. The van der Waals surface area contributed by atoms with Gasteiger partial charge in [0.2, 0.25) is 5.75 Å². The molecule has 0 aliphatic carbocycles. The molecule has 31 heavy (non-hydrogen) atoms. The summed E-state index contributed by atoms with van der Waals surface area (Å²) in [7, 11) is 2.93. The number of hydrogen-bond donors (Lipinski definition) is 1. The molecule has 0 aliphatic rings. The van der Waals surface area contributed by atoms with Crippen molar-refractivity contribution in [2.75, 3.05) is 14.2 Å². The Balaban J connectivity index is 1.74. The van der Waals surface area contributed by atoms with Gasteiger partial charge in [-0.05, 0) is 42.0 Å². The number of methoxy groups -OCH3 is 2. The van der Waals surface area contributed by atoms with Gasteiger partial charge in [-0.25, -0.2) is 5.43 Å². The van der Waals surface area contributed by atoms with Crippen LogP contribution in [-0.2, 0) is 0 Å². The predicted molar refractivity (Wildman–Crippen MR) is 114 cm³/mol. The number of carbonyl (C=O) groups excluding carboxylic acids is 1. The van der Waals surface area contributed by atoms with Gasteiger partial charge in [0.1, 0.15) is 5.75 Å². The molecule has 1 amide bonds. The van der Waals surface area contributed by atoms with E-state index in [0.29, 0.717) is 28.4 Å². The van der Waals surface area contributed by atoms with Gasteiger partial charge < -0.3 is 14.2 Å². The van der Waals surface area contributed by atoms with Gasteiger partial charge in [-0.3, -0.25) is 14.9 Å². The zero-order valence-electron chi connectivity index (χ0n) is 16.8. The van der Waals surface area contributed by atoms with Crippen molar-refractivity contribution in [1.82, 2.24) is 5.43 Å². The van der Waals surface area contributed by atoms with E-state index in [-0.39, 0.29) is 11.4 Å². The molecule has 0 heterocycles. The SMILES string of the molecule is COc1cc(/C=N\NC(=O)c2ccccc2OC)ccc1Oc1ccccc1[N+](=O)[O-]. The Bertz CT molecular complexity index is 1130. The van der Waals surface area contributed by atoms with Crippen LogP contribution < -0.4 is 19.6 Å². The topological polar surface area (TPSA) is 112 Å². The predicted octanol–water partition coefficient (Wildman–Crippen LogP) is 4.17. The number of rotatable bonds is 8. The monoisotopic (exact) mass is 421 g/mol. The van der Waals surface area contributed by atoms with Gasteiger partial charge in [0.05, 0.1) is 30.9 Å². The molecule has 0 saturated heterocycles. The van der Waals surface area contributed by atoms with E-state index in [1.165, 1.54) is 32.6 Å². The van der Waals surface area contributed by atoms with Gasteiger partial charge in [0.15, 0.2) is 11.5 Å². The minimum atomic E-state index is -0.521. The van der Waals surface area contributed by atoms with Crippen molar-refractivity contribution in [2.24, 2.45) is 5.10 Å². The van der Waals surface area contributed by atoms with Crippen molar-refractivity contribution < 1.29 is 23.9 Å². The molecule has 158 valence electrons. The van der Waals surface area contributed by atoms with Crippen molar-refractivity contribution in [3.05, 3.63) is 88.0 Å². The lowest BCUT2D eigenvalue weighted by atomic mass is 10.2. The molecule has 9 nitrogen and oxygen atoms in total. The fourth-order valence-corrected chi connectivity index (χ4v) is 2.72. The lowest BCUT2D eigenvalue weighted by molar-refractivity contribution is -0.385. The van der Waals surface area contributed by atoms with Crippen LogP contribution in [0.1, 0.15) is 15.9 Å². The van der Waals surface area contributed by atoms with Crippen LogP contribution in [0.4, 0.5) is 5.69 Å². The van der Waals surface area contributed by atoms with Crippen molar-refractivity contribution in [1.29, 1.82) is 0 Å². The molecular weight excluding hydrogens is 402 g/mol. The molecule has 3 aromatic carbocycles. The number of carbonyl (C=O) groups is 1. The normalized spacial score (nSPS) is 10.5. The molecule has 1 N–H and O–H groups in total. The van der Waals surface area contributed by atoms with Crippen LogP contribution in [0.25, 0.3) is 0 Å². The van der Waals surface area contributed by atoms with E-state index >= 15 is 0 Å². The highest BCUT2D eigenvalue weighted by Gasteiger charge is 2.16. The quantitative estimate of drug-likeness (QED) is 0.332. The van der Waals surface area contributed by atoms with Crippen LogP contribution in [-0.4, -0.2) is 31.3 Å². The van der Waals surface area contributed by atoms with Crippen LogP contribution in [0.3, 0.4) is 0 Å². The van der Waals surface area contributed by atoms with Crippen LogP contribution in [0.15, 0.2) is 71.8 Å². The number of hydrazone groups is 1. The lowest BCUT2D eigenvalue weighted by Gasteiger charge is -2.11. The Morgan fingerprint density at radius 3 is 2.32 bits per heavy atom. The Hall–Kier alpha value is -4.40. The molecule has 0 unspecified atom stereocenters. The minimum Gasteiger partial charge on any atom is -0.496 e. The number of nitrogens with zero attached hydrogens (tertiary/aromatic N) is 2. The average molecular weight is 421 g/mol. The summed E-state index contributed by atoms with van der Waals surface area (Å²) in [4.78, 5) is 22.9. The third-order valence-corrected chi connectivity index (χ3v) is 4.20. The standard InChI is InChI=1S/C22H19N3O6/c1-29-18-9-5-3-7-16(18)22(26)24-23-14-15-11-12-20(21(13-15)30-2)31-19-10-6-4-8-17(19)25(27)28/h3-14H,1-2H3,(H,24,26)/b23-14-. The van der Waals surface area contributed by atoms with E-state index in [4.69, 9.17) is 14.2 Å². The lowest BCUT2D eigenvalue weighted by Crippen LogP contribution is -2.18. The zero-order chi connectivity index (χ0) is 22.2. The second kappa shape index (κ2) is 9.88. The Morgan fingerprint density at radius 1 is 0.935 bits per heavy atom. The highest BCUT2D eigenvalue weighted by atomic mass is 16.6. The van der Waals surface area contributed by atoms with Gasteiger partial charge in [-0.15, -0.1) is 0 Å². The van der Waals surface area contributed by atoms with Gasteiger partial charge in [0, 0.05) is 6.07 Å². The Kier molecular flexibility index (Phi) is 6.79. The van der Waals surface area contributed by atoms with Crippen molar-refractivity contribution in [2.45, 2.75) is 0 Å². The summed E-state index contributed by atoms with van der Waals surface area (Å²) in [5, 5.41) is 15.1. The van der Waals surface area contributed by atoms with Crippen molar-refractivity contribution in [3.8, 4) is 23.0 Å². The number of nitro groups is 1. The van der Waals surface area contributed by atoms with Gasteiger partial charge >= 0.3 is 5.69 Å². The van der Waals surface area contributed by atoms with E-state index in [9.17, 15) is 14.9 Å². The molecule has 0 radical (unpaired) electrons. The zero-order valence-corrected chi connectivity index (χ0v) is 16.8. The summed E-state index contributed by atoms with van der Waals surface area (Å²) in [6, 6.07) is 17.7. The molecule has 0 aromatic heterocycles. The van der Waals surface area contributed by atoms with E-state index in [1.54, 1.807) is 54.6 Å². The number of hydrogen-bond acceptors (Lipinski definition) is 7. The number of amides is 1. The number of nitrogens with one attached hydrogen (secondary N) is 1. The summed E-state index contributed by atoms with van der Waals surface area (Å²) < 4.78 is 16.2. The van der Waals surface area contributed by atoms with Gasteiger partial charge in [-0.2, -0.15) is 5.10 Å². The van der Waals surface area contributed by atoms with Crippen LogP contribution >= 0.6 is 0 Å². The first-order valence-electron chi connectivity index (χ1n) is 9.09. The average Bonchev–Trinajstić information content (AvgIpc) is 2.80. The van der Waals surface area contributed by atoms with Crippen molar-refractivity contribution in [3.63, 3.8) is 0 Å². The summed E-state index contributed by atoms with van der Waals surface area (Å²) in [5.74, 6) is 0.756. The largest absolute Gasteiger partial charge is 0.496 e. The second-order valence-electron chi connectivity index (χ2n) is 6.14. The van der Waals surface area contributed by atoms with E-state index in [0.717, 1.165) is 0 Å². The number of nitro benzene ring substituents is 1. The molecule has 3 rings (SSSR count). The van der Waals surface area contributed by atoms with E-state index in [2.05, 4.69) is 10.5 Å². The fraction of sp³-hybridized carbons (Fsp3) is 0.0909. The summed E-state index contributed by atoms with van der Waals surface area (Å²) in [5.41, 5.74) is 3.25. The molecule has 3 aromatic rings. The minimum absolute atomic E-state index is 0.0938. The van der Waals surface area contributed by atoms with Crippen LogP contribution in [0, 0.1) is 10.1 Å². The first kappa shape index (κ1) is 21.3. The fourth-order valence-electron chi connectivity index (χ4n) is 2.72. The molecule has 0 atom stereocenters. The third kappa shape index (κ3) is 5.15. The first-order valence-corrected chi connectivity index (χ1v) is 9.09. The molecular formula is C22H19N3O6. The maximum absolute atomic E-state index is 12.3. The Morgan fingerprint density at radius 2 is 1.61 bits per heavy atom. The van der Waals surface area contributed by atoms with Crippen LogP contribution in [0.5, 0.6) is 23.0 Å². The maximum Gasteiger partial charge on any atom is 0.311 e. The highest BCUT2D eigenvalue weighted by Crippen LogP contribution is 2.36. The molecule has 0 fully saturated rings. The van der Waals surface area contributed by atoms with Crippen LogP contribution in [0.2, 0.25) is 0 Å². The summed E-state index contributed by atoms with van der Waals surface area (Å²) >= 11 is 0. The second-order valence-corrected chi connectivity index (χ2v) is 6.14. The maximum atomic E-state index is 12.3. The van der Waals surface area contributed by atoms with Gasteiger partial charge in [0.25, 0.3) is 5.91 Å². The van der Waals surface area contributed by atoms with Crippen molar-refractivity contribution >= 4 is 17.8 Å². The van der Waals surface area contributed by atoms with Gasteiger partial charge in [-0.1, -0.05) is 24.3 Å². The molecule has 9 heteroatoms. The highest BCUT2D eigenvalue weighted by molar-refractivity contribution is 5.97. The third-order valence-electron chi connectivity index (χ3n) is 4.20. The van der Waals surface area contributed by atoms with E-state index in [1.807, 2.05) is 0 Å². The smallest absolute Gasteiger partial charge is 0.311 e. The molecule has 0 spiro atoms. The number of para-hydroxylation sites is 3. The van der Waals surface area contributed by atoms with E-state index < -0.39 is 10.8 Å². The first-order chi connectivity index (χ1) is 15.0. The molecule has 0 saturated carbocycles.